The van der Waals surface area contributed by atoms with E-state index in [-0.39, 0.29) is 11.6 Å². The molecule has 166 valence electrons. The van der Waals surface area contributed by atoms with Gasteiger partial charge in [-0.05, 0) is 37.1 Å². The van der Waals surface area contributed by atoms with Crippen LogP contribution in [0.5, 0.6) is 5.75 Å². The van der Waals surface area contributed by atoms with Crippen LogP contribution in [-0.4, -0.2) is 48.9 Å². The van der Waals surface area contributed by atoms with Gasteiger partial charge in [-0.25, -0.2) is 4.79 Å². The summed E-state index contributed by atoms with van der Waals surface area (Å²) in [6.07, 6.45) is 3.45. The largest absolute Gasteiger partial charge is 0.495 e. The number of methoxy groups -OCH3 is 1. The molecule has 0 radical (unpaired) electrons. The van der Waals surface area contributed by atoms with Crippen LogP contribution in [-0.2, 0) is 0 Å². The lowest BCUT2D eigenvalue weighted by Crippen LogP contribution is -2.46. The molecule has 2 aromatic carbocycles. The second kappa shape index (κ2) is 7.78. The normalized spacial score (nSPS) is 16.4. The number of benzene rings is 2. The molecule has 0 amide bonds. The number of rotatable bonds is 5. The van der Waals surface area contributed by atoms with E-state index < -0.39 is 11.4 Å². The van der Waals surface area contributed by atoms with Crippen LogP contribution >= 0.6 is 0 Å². The Morgan fingerprint density at radius 1 is 1.06 bits per heavy atom. The maximum absolute atomic E-state index is 12.8. The fraction of sp³-hybridized carbons (Fsp3) is 0.333. The maximum Gasteiger partial charge on any atom is 0.341 e. The number of anilines is 3. The highest BCUT2D eigenvalue weighted by Gasteiger charge is 2.28. The summed E-state index contributed by atoms with van der Waals surface area (Å²) in [6.45, 7) is 3.17. The molecule has 0 spiro atoms. The van der Waals surface area contributed by atoms with Gasteiger partial charge in [0, 0.05) is 43.8 Å². The molecule has 2 heterocycles. The zero-order valence-electron chi connectivity index (χ0n) is 18.0. The van der Waals surface area contributed by atoms with Gasteiger partial charge < -0.3 is 29.9 Å². The number of aromatic carboxylic acids is 1. The fourth-order valence-corrected chi connectivity index (χ4v) is 4.56. The van der Waals surface area contributed by atoms with Gasteiger partial charge in [0.2, 0.25) is 5.43 Å². The smallest absolute Gasteiger partial charge is 0.341 e. The molecule has 1 aliphatic carbocycles. The van der Waals surface area contributed by atoms with Gasteiger partial charge in [0.25, 0.3) is 0 Å². The van der Waals surface area contributed by atoms with E-state index in [1.54, 1.807) is 13.2 Å². The Bertz CT molecular complexity index is 1260. The van der Waals surface area contributed by atoms with Crippen LogP contribution in [0.2, 0.25) is 0 Å². The standard InChI is InChI=1S/C24H26N4O4/c1-32-22-5-3-2-4-19(22)26-8-10-27(11-9-26)21-13-20-16(12-18(21)25)23(29)17(24(30)31)14-28(20)15-6-7-15/h2-5,12-15H,6-11,25H2,1H3,(H,30,31). The number of hydrogen-bond acceptors (Lipinski definition) is 6. The summed E-state index contributed by atoms with van der Waals surface area (Å²) in [6, 6.07) is 11.8. The van der Waals surface area contributed by atoms with Crippen LogP contribution in [0.3, 0.4) is 0 Å². The Kier molecular flexibility index (Phi) is 4.92. The molecule has 5 rings (SSSR count). The average molecular weight is 434 g/mol. The Labute approximate surface area is 185 Å². The van der Waals surface area contributed by atoms with Crippen LogP contribution in [0.25, 0.3) is 10.9 Å². The molecule has 1 aromatic heterocycles. The maximum atomic E-state index is 12.8. The van der Waals surface area contributed by atoms with Gasteiger partial charge in [-0.3, -0.25) is 4.79 Å². The Morgan fingerprint density at radius 2 is 1.72 bits per heavy atom. The third-order valence-corrected chi connectivity index (χ3v) is 6.40. The second-order valence-corrected chi connectivity index (χ2v) is 8.39. The van der Waals surface area contributed by atoms with E-state index in [4.69, 9.17) is 10.5 Å². The molecule has 2 aliphatic rings. The Balaban J connectivity index is 1.48. The topological polar surface area (TPSA) is 101 Å². The first-order chi connectivity index (χ1) is 15.5. The summed E-state index contributed by atoms with van der Waals surface area (Å²) in [5, 5.41) is 9.84. The van der Waals surface area contributed by atoms with Crippen molar-refractivity contribution in [2.24, 2.45) is 0 Å². The summed E-state index contributed by atoms with van der Waals surface area (Å²) in [5.41, 5.74) is 8.88. The molecule has 8 heteroatoms. The van der Waals surface area contributed by atoms with E-state index in [2.05, 4.69) is 15.9 Å². The third kappa shape index (κ3) is 3.41. The molecule has 0 bridgehead atoms. The number of nitrogen functional groups attached to an aromatic ring is 1. The molecule has 8 nitrogen and oxygen atoms in total. The number of para-hydroxylation sites is 2. The van der Waals surface area contributed by atoms with Crippen molar-refractivity contribution in [2.45, 2.75) is 18.9 Å². The number of aromatic nitrogens is 1. The number of hydrogen-bond donors (Lipinski definition) is 2. The molecule has 1 aliphatic heterocycles. The van der Waals surface area contributed by atoms with Crippen molar-refractivity contribution in [1.29, 1.82) is 0 Å². The van der Waals surface area contributed by atoms with Crippen molar-refractivity contribution in [1.82, 2.24) is 4.57 Å². The number of carbonyl (C=O) groups is 1. The molecule has 0 unspecified atom stereocenters. The van der Waals surface area contributed by atoms with E-state index in [9.17, 15) is 14.7 Å². The summed E-state index contributed by atoms with van der Waals surface area (Å²) in [5.74, 6) is -0.352. The molecule has 2 fully saturated rings. The number of fused-ring (bicyclic) bond motifs is 1. The van der Waals surface area contributed by atoms with Crippen molar-refractivity contribution >= 4 is 33.9 Å². The zero-order valence-corrected chi connectivity index (χ0v) is 18.0. The van der Waals surface area contributed by atoms with Crippen molar-refractivity contribution in [2.75, 3.05) is 48.8 Å². The number of piperazine rings is 1. The Morgan fingerprint density at radius 3 is 2.34 bits per heavy atom. The highest BCUT2D eigenvalue weighted by atomic mass is 16.5. The molecule has 0 atom stereocenters. The fourth-order valence-electron chi connectivity index (χ4n) is 4.56. The molecule has 1 saturated heterocycles. The molecule has 1 saturated carbocycles. The lowest BCUT2D eigenvalue weighted by Gasteiger charge is -2.38. The van der Waals surface area contributed by atoms with Gasteiger partial charge >= 0.3 is 5.97 Å². The van der Waals surface area contributed by atoms with Gasteiger partial charge in [-0.15, -0.1) is 0 Å². The summed E-state index contributed by atoms with van der Waals surface area (Å²) in [7, 11) is 1.68. The lowest BCUT2D eigenvalue weighted by molar-refractivity contribution is 0.0695. The second-order valence-electron chi connectivity index (χ2n) is 8.39. The molecule has 3 aromatic rings. The quantitative estimate of drug-likeness (QED) is 0.596. The summed E-state index contributed by atoms with van der Waals surface area (Å²) in [4.78, 5) is 28.9. The van der Waals surface area contributed by atoms with Gasteiger partial charge in [0.1, 0.15) is 11.3 Å². The predicted molar refractivity (Wildman–Crippen MR) is 125 cm³/mol. The molecular weight excluding hydrogens is 408 g/mol. The molecule has 32 heavy (non-hydrogen) atoms. The minimum Gasteiger partial charge on any atom is -0.495 e. The number of carboxylic acid groups (broad SMARTS) is 1. The Hall–Kier alpha value is -3.68. The zero-order chi connectivity index (χ0) is 22.4. The van der Waals surface area contributed by atoms with Crippen LogP contribution in [0.15, 0.2) is 47.4 Å². The minimum atomic E-state index is -1.21. The van der Waals surface area contributed by atoms with E-state index in [1.165, 1.54) is 6.20 Å². The van der Waals surface area contributed by atoms with E-state index in [0.717, 1.165) is 61.7 Å². The van der Waals surface area contributed by atoms with Gasteiger partial charge in [-0.1, -0.05) is 12.1 Å². The first kappa shape index (κ1) is 20.2. The number of carboxylic acids is 1. The highest BCUT2D eigenvalue weighted by molar-refractivity contribution is 5.96. The molecule has 3 N–H and O–H groups in total. The van der Waals surface area contributed by atoms with Crippen LogP contribution < -0.4 is 25.7 Å². The van der Waals surface area contributed by atoms with E-state index in [0.29, 0.717) is 11.1 Å². The summed E-state index contributed by atoms with van der Waals surface area (Å²) < 4.78 is 7.45. The molecular formula is C24H26N4O4. The van der Waals surface area contributed by atoms with Crippen molar-refractivity contribution < 1.29 is 14.6 Å². The van der Waals surface area contributed by atoms with E-state index in [1.807, 2.05) is 28.8 Å². The van der Waals surface area contributed by atoms with Gasteiger partial charge in [0.15, 0.2) is 0 Å². The van der Waals surface area contributed by atoms with Gasteiger partial charge in [-0.2, -0.15) is 0 Å². The predicted octanol–water partition coefficient (Wildman–Crippen LogP) is 2.95. The summed E-state index contributed by atoms with van der Waals surface area (Å²) >= 11 is 0. The number of ether oxygens (including phenoxy) is 1. The first-order valence-corrected chi connectivity index (χ1v) is 10.8. The lowest BCUT2D eigenvalue weighted by atomic mass is 10.1. The minimum absolute atomic E-state index is 0.207. The van der Waals surface area contributed by atoms with Crippen molar-refractivity contribution in [3.05, 3.63) is 58.4 Å². The first-order valence-electron chi connectivity index (χ1n) is 10.8. The highest BCUT2D eigenvalue weighted by Crippen LogP contribution is 2.39. The van der Waals surface area contributed by atoms with Gasteiger partial charge in [0.05, 0.1) is 29.7 Å². The number of pyridine rings is 1. The van der Waals surface area contributed by atoms with Crippen molar-refractivity contribution in [3.8, 4) is 5.75 Å². The number of nitrogens with zero attached hydrogens (tertiary/aromatic N) is 3. The van der Waals surface area contributed by atoms with E-state index >= 15 is 0 Å². The van der Waals surface area contributed by atoms with Crippen LogP contribution in [0, 0.1) is 0 Å². The monoisotopic (exact) mass is 434 g/mol. The SMILES string of the molecule is COc1ccccc1N1CCN(c2cc3c(cc2N)c(=O)c(C(=O)O)cn3C2CC2)CC1. The van der Waals surface area contributed by atoms with Crippen molar-refractivity contribution in [3.63, 3.8) is 0 Å². The number of nitrogens with two attached hydrogens (primary N) is 1. The average Bonchev–Trinajstić information content (AvgIpc) is 3.64. The van der Waals surface area contributed by atoms with Crippen LogP contribution in [0.4, 0.5) is 17.1 Å². The third-order valence-electron chi connectivity index (χ3n) is 6.40. The van der Waals surface area contributed by atoms with Crippen LogP contribution in [0.1, 0.15) is 29.2 Å².